The van der Waals surface area contributed by atoms with E-state index in [0.29, 0.717) is 19.0 Å². The molecule has 0 bridgehead atoms. The highest BCUT2D eigenvalue weighted by Crippen LogP contribution is 2.33. The van der Waals surface area contributed by atoms with Gasteiger partial charge < -0.3 is 19.9 Å². The number of aliphatic carboxylic acids is 1. The Kier molecular flexibility index (Phi) is 5.85. The van der Waals surface area contributed by atoms with Crippen LogP contribution in [0, 0.1) is 0 Å². The van der Waals surface area contributed by atoms with Crippen LogP contribution in [0.3, 0.4) is 0 Å². The number of ether oxygens (including phenoxy) is 2. The van der Waals surface area contributed by atoms with Gasteiger partial charge in [0, 0.05) is 26.1 Å². The number of carboxylic acids is 1. The Bertz CT molecular complexity index is 763. The van der Waals surface area contributed by atoms with E-state index in [4.69, 9.17) is 9.47 Å². The number of hydrogen-bond donors (Lipinski definition) is 2. The average molecular weight is 372 g/mol. The summed E-state index contributed by atoms with van der Waals surface area (Å²) in [7, 11) is -4.11. The lowest BCUT2D eigenvalue weighted by atomic mass is 10.3. The zero-order valence-corrected chi connectivity index (χ0v) is 14.7. The minimum atomic E-state index is -4.11. The number of amides is 1. The minimum Gasteiger partial charge on any atom is -0.486 e. The molecule has 0 aliphatic carbocycles. The summed E-state index contributed by atoms with van der Waals surface area (Å²) in [5.41, 5.74) is 0. The lowest BCUT2D eigenvalue weighted by Gasteiger charge is -2.26. The van der Waals surface area contributed by atoms with Gasteiger partial charge in [0.1, 0.15) is 19.3 Å². The van der Waals surface area contributed by atoms with Crippen molar-refractivity contribution >= 4 is 21.9 Å². The van der Waals surface area contributed by atoms with Crippen LogP contribution < -0.4 is 14.8 Å². The first-order valence-electron chi connectivity index (χ1n) is 7.62. The van der Waals surface area contributed by atoms with Gasteiger partial charge in [0.2, 0.25) is 15.9 Å². The van der Waals surface area contributed by atoms with E-state index in [9.17, 15) is 23.1 Å². The first kappa shape index (κ1) is 19.0. The van der Waals surface area contributed by atoms with E-state index in [0.717, 1.165) is 4.31 Å². The maximum Gasteiger partial charge on any atom is 0.321 e. The van der Waals surface area contributed by atoms with Crippen LogP contribution >= 0.6 is 0 Å². The Morgan fingerprint density at radius 2 is 1.92 bits per heavy atom. The SMILES string of the molecule is CC(=O)NCCN(C(C)C(=O)O)S(=O)(=O)c1ccc2c(c1)OCCO2. The predicted octanol–water partition coefficient (Wildman–Crippen LogP) is 0.0577. The molecule has 2 rings (SSSR count). The van der Waals surface area contributed by atoms with Gasteiger partial charge in [-0.2, -0.15) is 4.31 Å². The Morgan fingerprint density at radius 1 is 1.28 bits per heavy atom. The van der Waals surface area contributed by atoms with Crippen LogP contribution in [0.15, 0.2) is 23.1 Å². The molecular formula is C15H20N2O7S. The van der Waals surface area contributed by atoms with Gasteiger partial charge in [0.05, 0.1) is 4.90 Å². The molecule has 138 valence electrons. The summed E-state index contributed by atoms with van der Waals surface area (Å²) >= 11 is 0. The van der Waals surface area contributed by atoms with E-state index in [1.54, 1.807) is 0 Å². The monoisotopic (exact) mass is 372 g/mol. The second-order valence-electron chi connectivity index (χ2n) is 5.42. The normalized spacial score (nSPS) is 14.8. The Balaban J connectivity index is 2.33. The zero-order valence-electron chi connectivity index (χ0n) is 13.9. The fraction of sp³-hybridized carbons (Fsp3) is 0.467. The van der Waals surface area contributed by atoms with E-state index in [1.807, 2.05) is 0 Å². The number of sulfonamides is 1. The Hall–Kier alpha value is -2.33. The summed E-state index contributed by atoms with van der Waals surface area (Å²) in [6.07, 6.45) is 0. The smallest absolute Gasteiger partial charge is 0.321 e. The molecule has 0 fully saturated rings. The highest BCUT2D eigenvalue weighted by molar-refractivity contribution is 7.89. The Morgan fingerprint density at radius 3 is 2.52 bits per heavy atom. The molecule has 1 unspecified atom stereocenters. The number of hydrogen-bond acceptors (Lipinski definition) is 6. The molecule has 0 aromatic heterocycles. The van der Waals surface area contributed by atoms with Crippen LogP contribution in [-0.2, 0) is 19.6 Å². The highest BCUT2D eigenvalue weighted by atomic mass is 32.2. The number of carboxylic acid groups (broad SMARTS) is 1. The number of nitrogens with one attached hydrogen (secondary N) is 1. The molecule has 1 amide bonds. The summed E-state index contributed by atoms with van der Waals surface area (Å²) in [5, 5.41) is 11.7. The summed E-state index contributed by atoms with van der Waals surface area (Å²) in [4.78, 5) is 22.2. The van der Waals surface area contributed by atoms with E-state index in [1.165, 1.54) is 32.0 Å². The van der Waals surface area contributed by atoms with Crippen molar-refractivity contribution in [3.8, 4) is 11.5 Å². The first-order valence-corrected chi connectivity index (χ1v) is 9.06. The molecule has 0 radical (unpaired) electrons. The number of fused-ring (bicyclic) bond motifs is 1. The standard InChI is InChI=1S/C15H20N2O7S/c1-10(15(19)20)17(6-5-16-11(2)18)25(21,22)12-3-4-13-14(9-12)24-8-7-23-13/h3-4,9-10H,5-8H2,1-2H3,(H,16,18)(H,19,20). The summed E-state index contributed by atoms with van der Waals surface area (Å²) in [5.74, 6) is -0.901. The molecule has 1 aromatic rings. The molecule has 1 aliphatic heterocycles. The van der Waals surface area contributed by atoms with Crippen LogP contribution in [0.25, 0.3) is 0 Å². The number of nitrogens with zero attached hydrogens (tertiary/aromatic N) is 1. The second kappa shape index (κ2) is 7.70. The third-order valence-electron chi connectivity index (χ3n) is 3.62. The van der Waals surface area contributed by atoms with Gasteiger partial charge in [0.25, 0.3) is 0 Å². The van der Waals surface area contributed by atoms with Crippen LogP contribution in [0.4, 0.5) is 0 Å². The van der Waals surface area contributed by atoms with Gasteiger partial charge in [0.15, 0.2) is 11.5 Å². The summed E-state index contributed by atoms with van der Waals surface area (Å²) in [6.45, 7) is 3.05. The molecule has 25 heavy (non-hydrogen) atoms. The number of carbonyl (C=O) groups excluding carboxylic acids is 1. The van der Waals surface area contributed by atoms with Gasteiger partial charge in [-0.15, -0.1) is 0 Å². The van der Waals surface area contributed by atoms with Crippen molar-refractivity contribution < 1.29 is 32.6 Å². The number of carbonyl (C=O) groups is 2. The van der Waals surface area contributed by atoms with E-state index < -0.39 is 22.0 Å². The lowest BCUT2D eigenvalue weighted by molar-refractivity contribution is -0.140. The summed E-state index contributed by atoms with van der Waals surface area (Å²) in [6, 6.07) is 2.82. The van der Waals surface area contributed by atoms with E-state index >= 15 is 0 Å². The third kappa shape index (κ3) is 4.40. The Labute approximate surface area is 145 Å². The van der Waals surface area contributed by atoms with Crippen LogP contribution in [0.1, 0.15) is 13.8 Å². The molecule has 2 N–H and O–H groups in total. The maximum atomic E-state index is 12.9. The molecule has 1 aromatic carbocycles. The fourth-order valence-electron chi connectivity index (χ4n) is 2.31. The highest BCUT2D eigenvalue weighted by Gasteiger charge is 2.33. The van der Waals surface area contributed by atoms with Crippen molar-refractivity contribution in [3.05, 3.63) is 18.2 Å². The van der Waals surface area contributed by atoms with Gasteiger partial charge in [-0.1, -0.05) is 0 Å². The molecule has 0 saturated carbocycles. The second-order valence-corrected chi connectivity index (χ2v) is 7.31. The lowest BCUT2D eigenvalue weighted by Crippen LogP contribution is -2.46. The van der Waals surface area contributed by atoms with Crippen molar-refractivity contribution in [2.45, 2.75) is 24.8 Å². The van der Waals surface area contributed by atoms with Crippen LogP contribution in [-0.4, -0.2) is 62.1 Å². The zero-order chi connectivity index (χ0) is 18.6. The molecule has 0 spiro atoms. The van der Waals surface area contributed by atoms with Gasteiger partial charge in [-0.05, 0) is 19.1 Å². The topological polar surface area (TPSA) is 122 Å². The van der Waals surface area contributed by atoms with Crippen molar-refractivity contribution in [1.29, 1.82) is 0 Å². The molecule has 1 aliphatic rings. The quantitative estimate of drug-likeness (QED) is 0.694. The van der Waals surface area contributed by atoms with Crippen molar-refractivity contribution in [3.63, 3.8) is 0 Å². The summed E-state index contributed by atoms with van der Waals surface area (Å²) < 4.78 is 37.3. The van der Waals surface area contributed by atoms with Gasteiger partial charge >= 0.3 is 5.97 Å². The third-order valence-corrected chi connectivity index (χ3v) is 5.58. The first-order chi connectivity index (χ1) is 11.7. The van der Waals surface area contributed by atoms with Crippen LogP contribution in [0.5, 0.6) is 11.5 Å². The number of benzene rings is 1. The molecule has 10 heteroatoms. The minimum absolute atomic E-state index is 0.00324. The van der Waals surface area contributed by atoms with Crippen LogP contribution in [0.2, 0.25) is 0 Å². The van der Waals surface area contributed by atoms with Gasteiger partial charge in [-0.25, -0.2) is 8.42 Å². The van der Waals surface area contributed by atoms with Crippen molar-refractivity contribution in [2.75, 3.05) is 26.3 Å². The molecule has 1 atom stereocenters. The van der Waals surface area contributed by atoms with Gasteiger partial charge in [-0.3, -0.25) is 9.59 Å². The van der Waals surface area contributed by atoms with Crippen molar-refractivity contribution in [1.82, 2.24) is 9.62 Å². The predicted molar refractivity (Wildman–Crippen MR) is 87.1 cm³/mol. The number of rotatable bonds is 7. The molecule has 0 saturated heterocycles. The maximum absolute atomic E-state index is 12.9. The van der Waals surface area contributed by atoms with E-state index in [-0.39, 0.29) is 29.6 Å². The largest absolute Gasteiger partial charge is 0.486 e. The molecular weight excluding hydrogens is 352 g/mol. The van der Waals surface area contributed by atoms with E-state index in [2.05, 4.69) is 5.32 Å². The molecule has 9 nitrogen and oxygen atoms in total. The average Bonchev–Trinajstić information content (AvgIpc) is 2.57. The fourth-order valence-corrected chi connectivity index (χ4v) is 3.91. The molecule has 1 heterocycles. The van der Waals surface area contributed by atoms with Crippen molar-refractivity contribution in [2.24, 2.45) is 0 Å².